The fraction of sp³-hybridized carbons (Fsp3) is 0.400. The van der Waals surface area contributed by atoms with Crippen LogP contribution in [0.1, 0.15) is 5.56 Å². The van der Waals surface area contributed by atoms with Crippen molar-refractivity contribution < 1.29 is 13.5 Å². The van der Waals surface area contributed by atoms with Crippen molar-refractivity contribution in [2.45, 2.75) is 12.5 Å². The van der Waals surface area contributed by atoms with Gasteiger partial charge in [0.1, 0.15) is 6.61 Å². The molecule has 1 aromatic rings. The zero-order chi connectivity index (χ0) is 10.4. The molecular formula is C10H13F2NO. The molecule has 0 aliphatic heterocycles. The van der Waals surface area contributed by atoms with Crippen LogP contribution in [0.3, 0.4) is 0 Å². The van der Waals surface area contributed by atoms with E-state index in [1.54, 1.807) is 0 Å². The zero-order valence-electron chi connectivity index (χ0n) is 7.75. The van der Waals surface area contributed by atoms with Crippen LogP contribution < -0.4 is 5.73 Å². The van der Waals surface area contributed by atoms with Gasteiger partial charge in [0.05, 0.1) is 13.2 Å². The summed E-state index contributed by atoms with van der Waals surface area (Å²) in [6.07, 6.45) is 0. The van der Waals surface area contributed by atoms with E-state index in [1.165, 1.54) is 0 Å². The third-order valence-corrected chi connectivity index (χ3v) is 1.72. The monoisotopic (exact) mass is 201 g/mol. The SMILES string of the molecule is NCC(F)(F)COCc1ccccc1. The molecule has 0 saturated carbocycles. The van der Waals surface area contributed by atoms with Gasteiger partial charge in [-0.1, -0.05) is 30.3 Å². The van der Waals surface area contributed by atoms with Crippen LogP contribution in [-0.2, 0) is 11.3 Å². The summed E-state index contributed by atoms with van der Waals surface area (Å²) in [5, 5.41) is 0. The Bertz CT molecular complexity index is 264. The molecule has 2 nitrogen and oxygen atoms in total. The molecule has 1 rings (SSSR count). The highest BCUT2D eigenvalue weighted by Gasteiger charge is 2.26. The van der Waals surface area contributed by atoms with Gasteiger partial charge in [-0.3, -0.25) is 0 Å². The summed E-state index contributed by atoms with van der Waals surface area (Å²) in [7, 11) is 0. The number of benzene rings is 1. The summed E-state index contributed by atoms with van der Waals surface area (Å²) < 4.78 is 30.1. The molecule has 4 heteroatoms. The van der Waals surface area contributed by atoms with Gasteiger partial charge in [-0.2, -0.15) is 0 Å². The van der Waals surface area contributed by atoms with Gasteiger partial charge in [0.15, 0.2) is 0 Å². The molecule has 2 N–H and O–H groups in total. The molecule has 78 valence electrons. The third-order valence-electron chi connectivity index (χ3n) is 1.72. The second-order valence-electron chi connectivity index (χ2n) is 3.04. The van der Waals surface area contributed by atoms with E-state index in [0.29, 0.717) is 0 Å². The molecule has 1 aromatic carbocycles. The summed E-state index contributed by atoms with van der Waals surface area (Å²) in [6.45, 7) is -1.11. The fourth-order valence-corrected chi connectivity index (χ4v) is 0.951. The standard InChI is InChI=1S/C10H13F2NO/c11-10(12,7-13)8-14-6-9-4-2-1-3-5-9/h1-5H,6-8,13H2. The van der Waals surface area contributed by atoms with Crippen molar-refractivity contribution in [3.63, 3.8) is 0 Å². The highest BCUT2D eigenvalue weighted by molar-refractivity contribution is 5.13. The number of nitrogens with two attached hydrogens (primary N) is 1. The van der Waals surface area contributed by atoms with E-state index in [2.05, 4.69) is 0 Å². The second kappa shape index (κ2) is 5.02. The molecule has 0 aromatic heterocycles. The zero-order valence-corrected chi connectivity index (χ0v) is 7.75. The van der Waals surface area contributed by atoms with E-state index in [4.69, 9.17) is 10.5 Å². The minimum atomic E-state index is -2.92. The highest BCUT2D eigenvalue weighted by atomic mass is 19.3. The van der Waals surface area contributed by atoms with E-state index in [0.717, 1.165) is 5.56 Å². The number of hydrogen-bond donors (Lipinski definition) is 1. The minimum absolute atomic E-state index is 0.191. The first-order chi connectivity index (χ1) is 6.64. The molecule has 0 heterocycles. The van der Waals surface area contributed by atoms with Gasteiger partial charge in [-0.05, 0) is 5.56 Å². The lowest BCUT2D eigenvalue weighted by Gasteiger charge is -2.13. The Kier molecular flexibility index (Phi) is 3.98. The van der Waals surface area contributed by atoms with Gasteiger partial charge < -0.3 is 10.5 Å². The summed E-state index contributed by atoms with van der Waals surface area (Å²) in [5.41, 5.74) is 5.73. The Morgan fingerprint density at radius 2 is 1.86 bits per heavy atom. The Hall–Kier alpha value is -1.00. The minimum Gasteiger partial charge on any atom is -0.370 e. The molecule has 0 spiro atoms. The third kappa shape index (κ3) is 3.81. The van der Waals surface area contributed by atoms with E-state index in [9.17, 15) is 8.78 Å². The number of hydrogen-bond acceptors (Lipinski definition) is 2. The van der Waals surface area contributed by atoms with Crippen LogP contribution in [0.5, 0.6) is 0 Å². The van der Waals surface area contributed by atoms with Crippen LogP contribution in [0, 0.1) is 0 Å². The Morgan fingerprint density at radius 1 is 1.21 bits per heavy atom. The molecule has 0 atom stereocenters. The number of halogens is 2. The Labute approximate surface area is 81.7 Å². The molecule has 14 heavy (non-hydrogen) atoms. The van der Waals surface area contributed by atoms with Crippen molar-refractivity contribution in [2.24, 2.45) is 5.73 Å². The van der Waals surface area contributed by atoms with Gasteiger partial charge in [0.2, 0.25) is 0 Å². The topological polar surface area (TPSA) is 35.2 Å². The van der Waals surface area contributed by atoms with Crippen molar-refractivity contribution in [3.8, 4) is 0 Å². The summed E-state index contributed by atoms with van der Waals surface area (Å²) in [6, 6.07) is 9.17. The normalized spacial score (nSPS) is 11.6. The lowest BCUT2D eigenvalue weighted by atomic mass is 10.2. The quantitative estimate of drug-likeness (QED) is 0.788. The van der Waals surface area contributed by atoms with Gasteiger partial charge >= 0.3 is 0 Å². The lowest BCUT2D eigenvalue weighted by molar-refractivity contribution is -0.0741. The second-order valence-corrected chi connectivity index (χ2v) is 3.04. The van der Waals surface area contributed by atoms with Crippen LogP contribution in [0.15, 0.2) is 30.3 Å². The maximum Gasteiger partial charge on any atom is 0.282 e. The summed E-state index contributed by atoms with van der Waals surface area (Å²) in [5.74, 6) is -2.92. The number of rotatable bonds is 5. The first-order valence-corrected chi connectivity index (χ1v) is 4.33. The molecule has 0 radical (unpaired) electrons. The van der Waals surface area contributed by atoms with E-state index < -0.39 is 19.1 Å². The van der Waals surface area contributed by atoms with Gasteiger partial charge in [-0.25, -0.2) is 8.78 Å². The highest BCUT2D eigenvalue weighted by Crippen LogP contribution is 2.12. The van der Waals surface area contributed by atoms with Gasteiger partial charge in [-0.15, -0.1) is 0 Å². The first-order valence-electron chi connectivity index (χ1n) is 4.33. The molecular weight excluding hydrogens is 188 g/mol. The van der Waals surface area contributed by atoms with Crippen molar-refractivity contribution >= 4 is 0 Å². The van der Waals surface area contributed by atoms with Crippen molar-refractivity contribution in [1.29, 1.82) is 0 Å². The van der Waals surface area contributed by atoms with E-state index in [1.807, 2.05) is 30.3 Å². The maximum absolute atomic E-state index is 12.6. The Morgan fingerprint density at radius 3 is 2.43 bits per heavy atom. The molecule has 0 unspecified atom stereocenters. The molecule has 0 aliphatic rings. The van der Waals surface area contributed by atoms with Crippen LogP contribution in [0.25, 0.3) is 0 Å². The van der Waals surface area contributed by atoms with E-state index in [-0.39, 0.29) is 6.61 Å². The van der Waals surface area contributed by atoms with Crippen LogP contribution in [0.4, 0.5) is 8.78 Å². The smallest absolute Gasteiger partial charge is 0.282 e. The Balaban J connectivity index is 2.29. The summed E-state index contributed by atoms with van der Waals surface area (Å²) >= 11 is 0. The van der Waals surface area contributed by atoms with Gasteiger partial charge in [0.25, 0.3) is 5.92 Å². The maximum atomic E-state index is 12.6. The predicted molar refractivity (Wildman–Crippen MR) is 50.1 cm³/mol. The van der Waals surface area contributed by atoms with Crippen LogP contribution in [0.2, 0.25) is 0 Å². The number of ether oxygens (including phenoxy) is 1. The molecule has 0 fully saturated rings. The van der Waals surface area contributed by atoms with Gasteiger partial charge in [0, 0.05) is 0 Å². The molecule has 0 amide bonds. The van der Waals surface area contributed by atoms with Crippen molar-refractivity contribution in [1.82, 2.24) is 0 Å². The average molecular weight is 201 g/mol. The molecule has 0 aliphatic carbocycles. The predicted octanol–water partition coefficient (Wildman–Crippen LogP) is 1.80. The van der Waals surface area contributed by atoms with Crippen molar-refractivity contribution in [2.75, 3.05) is 13.2 Å². The van der Waals surface area contributed by atoms with Crippen molar-refractivity contribution in [3.05, 3.63) is 35.9 Å². The van der Waals surface area contributed by atoms with E-state index >= 15 is 0 Å². The first kappa shape index (κ1) is 11.1. The lowest BCUT2D eigenvalue weighted by Crippen LogP contribution is -2.32. The van der Waals surface area contributed by atoms with Crippen LogP contribution >= 0.6 is 0 Å². The van der Waals surface area contributed by atoms with Crippen LogP contribution in [-0.4, -0.2) is 19.1 Å². The largest absolute Gasteiger partial charge is 0.370 e. The fourth-order valence-electron chi connectivity index (χ4n) is 0.951. The molecule has 0 bridgehead atoms. The molecule has 0 saturated heterocycles. The average Bonchev–Trinajstić information content (AvgIpc) is 2.19. The number of alkyl halides is 2. The summed E-state index contributed by atoms with van der Waals surface area (Å²) in [4.78, 5) is 0.